The molecule has 1 fully saturated rings. The van der Waals surface area contributed by atoms with E-state index in [0.717, 1.165) is 12.8 Å². The van der Waals surface area contributed by atoms with Gasteiger partial charge in [0.25, 0.3) is 11.8 Å². The van der Waals surface area contributed by atoms with E-state index < -0.39 is 31.0 Å². The number of carbonyl (C=O) groups excluding carboxylic acids is 2. The number of ether oxygens (including phenoxy) is 2. The third-order valence-corrected chi connectivity index (χ3v) is 4.68. The Kier molecular flexibility index (Phi) is 8.53. The first-order valence-corrected chi connectivity index (χ1v) is 10.7. The number of hydrogen-bond acceptors (Lipinski definition) is 5. The Morgan fingerprint density at radius 3 is 2.26 bits per heavy atom. The fourth-order valence-electron chi connectivity index (χ4n) is 2.79. The third-order valence-electron chi connectivity index (χ3n) is 4.68. The monoisotopic (exact) mass is 478 g/mol. The minimum atomic E-state index is -4.32. The lowest BCUT2D eigenvalue weighted by atomic mass is 10.1. The smallest absolute Gasteiger partial charge is 0.392 e. The number of rotatable bonds is 11. The number of hydrogen-bond donors (Lipinski definition) is 3. The van der Waals surface area contributed by atoms with Crippen molar-refractivity contribution in [2.24, 2.45) is 0 Å². The summed E-state index contributed by atoms with van der Waals surface area (Å²) in [7, 11) is 0. The molecule has 0 aromatic heterocycles. The molecule has 7 nitrogen and oxygen atoms in total. The Morgan fingerprint density at radius 1 is 1.03 bits per heavy atom. The van der Waals surface area contributed by atoms with Crippen LogP contribution in [0, 0.1) is 0 Å². The Bertz CT molecular complexity index is 1000. The molecular formula is C24H25F3N2O5. The molecular weight excluding hydrogens is 453 g/mol. The standard InChI is InChI=1S/C24H25F3N2O5/c25-24(26,27)11-14-33-18-7-3-17(4-8-18)22(31)29-21(23(32)28-12-13-30)15-16-1-5-19(6-2-16)34-20-9-10-20/h1-8,15,20,30H,9-14H2,(H,28,32)(H,29,31)/b21-15-. The van der Waals surface area contributed by atoms with Crippen molar-refractivity contribution in [3.63, 3.8) is 0 Å². The van der Waals surface area contributed by atoms with Crippen LogP contribution in [0.5, 0.6) is 11.5 Å². The van der Waals surface area contributed by atoms with E-state index in [1.807, 2.05) is 0 Å². The zero-order chi connectivity index (χ0) is 24.6. The summed E-state index contributed by atoms with van der Waals surface area (Å²) in [5, 5.41) is 14.0. The molecule has 10 heteroatoms. The number of aliphatic hydroxyl groups excluding tert-OH is 1. The maximum Gasteiger partial charge on any atom is 0.392 e. The van der Waals surface area contributed by atoms with E-state index in [1.54, 1.807) is 24.3 Å². The highest BCUT2D eigenvalue weighted by atomic mass is 19.4. The van der Waals surface area contributed by atoms with E-state index in [1.165, 1.54) is 30.3 Å². The summed E-state index contributed by atoms with van der Waals surface area (Å²) in [6, 6.07) is 12.5. The molecule has 0 radical (unpaired) electrons. The lowest BCUT2D eigenvalue weighted by Crippen LogP contribution is -2.36. The van der Waals surface area contributed by atoms with E-state index in [2.05, 4.69) is 10.6 Å². The molecule has 1 aliphatic rings. The van der Waals surface area contributed by atoms with Gasteiger partial charge in [0.2, 0.25) is 0 Å². The van der Waals surface area contributed by atoms with Gasteiger partial charge in [-0.1, -0.05) is 12.1 Å². The fourth-order valence-corrected chi connectivity index (χ4v) is 2.79. The zero-order valence-electron chi connectivity index (χ0n) is 18.2. The average molecular weight is 478 g/mol. The molecule has 182 valence electrons. The van der Waals surface area contributed by atoms with Gasteiger partial charge in [-0.2, -0.15) is 13.2 Å². The minimum Gasteiger partial charge on any atom is -0.493 e. The second-order valence-electron chi connectivity index (χ2n) is 7.62. The van der Waals surface area contributed by atoms with Gasteiger partial charge in [-0.25, -0.2) is 0 Å². The Hall–Kier alpha value is -3.53. The van der Waals surface area contributed by atoms with Crippen molar-refractivity contribution >= 4 is 17.9 Å². The van der Waals surface area contributed by atoms with Gasteiger partial charge in [0.15, 0.2) is 0 Å². The molecule has 2 aromatic rings. The number of benzene rings is 2. The molecule has 3 rings (SSSR count). The lowest BCUT2D eigenvalue weighted by Gasteiger charge is -2.12. The fraction of sp³-hybridized carbons (Fsp3) is 0.333. The molecule has 3 N–H and O–H groups in total. The average Bonchev–Trinajstić information content (AvgIpc) is 3.62. The number of carbonyl (C=O) groups is 2. The Morgan fingerprint density at radius 2 is 1.68 bits per heavy atom. The van der Waals surface area contributed by atoms with Crippen LogP contribution in [0.2, 0.25) is 0 Å². The molecule has 2 amide bonds. The van der Waals surface area contributed by atoms with Crippen LogP contribution in [0.4, 0.5) is 13.2 Å². The zero-order valence-corrected chi connectivity index (χ0v) is 18.2. The van der Waals surface area contributed by atoms with Crippen LogP contribution >= 0.6 is 0 Å². The highest BCUT2D eigenvalue weighted by Gasteiger charge is 2.27. The molecule has 0 unspecified atom stereocenters. The SMILES string of the molecule is O=C(NCCO)/C(=C/c1ccc(OC2CC2)cc1)NC(=O)c1ccc(OCCC(F)(F)F)cc1. The number of alkyl halides is 3. The number of nitrogens with one attached hydrogen (secondary N) is 2. The summed E-state index contributed by atoms with van der Waals surface area (Å²) in [5.74, 6) is -0.285. The van der Waals surface area contributed by atoms with Crippen molar-refractivity contribution in [3.8, 4) is 11.5 Å². The van der Waals surface area contributed by atoms with Crippen molar-refractivity contribution in [1.82, 2.24) is 10.6 Å². The van der Waals surface area contributed by atoms with Gasteiger partial charge < -0.3 is 25.2 Å². The third kappa shape index (κ3) is 8.43. The highest BCUT2D eigenvalue weighted by Crippen LogP contribution is 2.27. The highest BCUT2D eigenvalue weighted by molar-refractivity contribution is 6.05. The van der Waals surface area contributed by atoms with Gasteiger partial charge in [-0.3, -0.25) is 9.59 Å². The molecule has 0 heterocycles. The maximum atomic E-state index is 12.7. The topological polar surface area (TPSA) is 96.9 Å². The summed E-state index contributed by atoms with van der Waals surface area (Å²) in [4.78, 5) is 25.2. The van der Waals surface area contributed by atoms with Crippen molar-refractivity contribution in [2.45, 2.75) is 31.5 Å². The van der Waals surface area contributed by atoms with Gasteiger partial charge in [0.1, 0.15) is 17.2 Å². The van der Waals surface area contributed by atoms with Gasteiger partial charge in [0, 0.05) is 12.1 Å². The lowest BCUT2D eigenvalue weighted by molar-refractivity contribution is -0.139. The first kappa shape index (κ1) is 25.1. The van der Waals surface area contributed by atoms with E-state index in [-0.39, 0.29) is 36.3 Å². The number of aliphatic hydroxyl groups is 1. The second kappa shape index (κ2) is 11.6. The van der Waals surface area contributed by atoms with Gasteiger partial charge in [-0.15, -0.1) is 0 Å². The van der Waals surface area contributed by atoms with Gasteiger partial charge in [0.05, 0.1) is 25.7 Å². The van der Waals surface area contributed by atoms with Crippen molar-refractivity contribution in [2.75, 3.05) is 19.8 Å². The molecule has 0 saturated heterocycles. The van der Waals surface area contributed by atoms with Crippen LogP contribution in [0.15, 0.2) is 54.2 Å². The van der Waals surface area contributed by atoms with E-state index in [0.29, 0.717) is 11.3 Å². The summed E-state index contributed by atoms with van der Waals surface area (Å²) in [6.07, 6.45) is -1.60. The molecule has 34 heavy (non-hydrogen) atoms. The van der Waals surface area contributed by atoms with Crippen LogP contribution < -0.4 is 20.1 Å². The predicted molar refractivity (Wildman–Crippen MR) is 118 cm³/mol. The van der Waals surface area contributed by atoms with Crippen LogP contribution in [-0.4, -0.2) is 49.0 Å². The summed E-state index contributed by atoms with van der Waals surface area (Å²) in [6.45, 7) is -0.794. The molecule has 0 atom stereocenters. The predicted octanol–water partition coefficient (Wildman–Crippen LogP) is 3.44. The molecule has 2 aromatic carbocycles. The first-order valence-electron chi connectivity index (χ1n) is 10.7. The Labute approximate surface area is 194 Å². The van der Waals surface area contributed by atoms with Crippen LogP contribution in [0.3, 0.4) is 0 Å². The van der Waals surface area contributed by atoms with E-state index >= 15 is 0 Å². The van der Waals surface area contributed by atoms with Crippen molar-refractivity contribution in [1.29, 1.82) is 0 Å². The molecule has 0 aliphatic heterocycles. The molecule has 0 spiro atoms. The van der Waals surface area contributed by atoms with Crippen LogP contribution in [0.25, 0.3) is 6.08 Å². The van der Waals surface area contributed by atoms with Gasteiger partial charge >= 0.3 is 6.18 Å². The van der Waals surface area contributed by atoms with Crippen molar-refractivity contribution in [3.05, 3.63) is 65.4 Å². The summed E-state index contributed by atoms with van der Waals surface area (Å²) < 4.78 is 47.4. The minimum absolute atomic E-state index is 0.00414. The largest absolute Gasteiger partial charge is 0.493 e. The molecule has 1 aliphatic carbocycles. The molecule has 1 saturated carbocycles. The van der Waals surface area contributed by atoms with E-state index in [4.69, 9.17) is 14.6 Å². The maximum absolute atomic E-state index is 12.7. The van der Waals surface area contributed by atoms with Crippen LogP contribution in [0.1, 0.15) is 35.2 Å². The normalized spacial score (nSPS) is 13.8. The van der Waals surface area contributed by atoms with Gasteiger partial charge in [-0.05, 0) is 60.9 Å². The number of amides is 2. The Balaban J connectivity index is 1.66. The first-order chi connectivity index (χ1) is 16.2. The second-order valence-corrected chi connectivity index (χ2v) is 7.62. The number of halogens is 3. The summed E-state index contributed by atoms with van der Waals surface area (Å²) >= 11 is 0. The van der Waals surface area contributed by atoms with Crippen molar-refractivity contribution < 1.29 is 37.3 Å². The quantitative estimate of drug-likeness (QED) is 0.430. The van der Waals surface area contributed by atoms with Crippen LogP contribution in [-0.2, 0) is 4.79 Å². The summed E-state index contributed by atoms with van der Waals surface area (Å²) in [5.41, 5.74) is 0.781. The molecule has 0 bridgehead atoms. The van der Waals surface area contributed by atoms with E-state index in [9.17, 15) is 22.8 Å².